The summed E-state index contributed by atoms with van der Waals surface area (Å²) in [6, 6.07) is 14.0. The molecule has 37 heavy (non-hydrogen) atoms. The fourth-order valence-electron chi connectivity index (χ4n) is 4.22. The lowest BCUT2D eigenvalue weighted by Crippen LogP contribution is -2.13. The maximum Gasteiger partial charge on any atom is 0.416 e. The number of hydrogen-bond acceptors (Lipinski definition) is 3. The van der Waals surface area contributed by atoms with Crippen LogP contribution in [0.1, 0.15) is 28.4 Å². The number of nitrogens with one attached hydrogen (secondary N) is 1. The summed E-state index contributed by atoms with van der Waals surface area (Å²) >= 11 is 0. The molecule has 5 nitrogen and oxygen atoms in total. The summed E-state index contributed by atoms with van der Waals surface area (Å²) in [5.74, 6) is -1.04. The van der Waals surface area contributed by atoms with Gasteiger partial charge in [-0.25, -0.2) is 9.37 Å². The van der Waals surface area contributed by atoms with Crippen molar-refractivity contribution in [3.63, 3.8) is 0 Å². The molecule has 0 unspecified atom stereocenters. The second-order valence-electron chi connectivity index (χ2n) is 8.43. The Balaban J connectivity index is 1.52. The third-order valence-electron chi connectivity index (χ3n) is 6.02. The van der Waals surface area contributed by atoms with Crippen molar-refractivity contribution < 1.29 is 22.4 Å². The number of carbonyl (C=O) groups is 1. The van der Waals surface area contributed by atoms with Crippen molar-refractivity contribution in [2.75, 3.05) is 5.32 Å². The summed E-state index contributed by atoms with van der Waals surface area (Å²) in [5.41, 5.74) is 3.37. The van der Waals surface area contributed by atoms with Crippen molar-refractivity contribution >= 4 is 17.2 Å². The number of aromatic nitrogens is 3. The Morgan fingerprint density at radius 2 is 1.81 bits per heavy atom. The van der Waals surface area contributed by atoms with E-state index in [0.717, 1.165) is 17.7 Å². The molecule has 0 aliphatic heterocycles. The van der Waals surface area contributed by atoms with Gasteiger partial charge >= 0.3 is 6.18 Å². The number of halogens is 4. The first-order valence-electron chi connectivity index (χ1n) is 11.4. The minimum Gasteiger partial charge on any atom is -0.322 e. The van der Waals surface area contributed by atoms with Gasteiger partial charge in [-0.2, -0.15) is 13.2 Å². The molecular weight excluding hydrogens is 484 g/mol. The van der Waals surface area contributed by atoms with Gasteiger partial charge in [0.2, 0.25) is 0 Å². The molecule has 0 atom stereocenters. The zero-order chi connectivity index (χ0) is 26.2. The maximum atomic E-state index is 14.8. The predicted octanol–water partition coefficient (Wildman–Crippen LogP) is 7.04. The van der Waals surface area contributed by atoms with Gasteiger partial charge in [0.05, 0.1) is 23.7 Å². The number of nitrogens with zero attached hydrogens (tertiary/aromatic N) is 3. The number of hydrogen-bond donors (Lipinski definition) is 1. The number of aryl methyl sites for hydroxylation is 1. The number of fused-ring (bicyclic) bond motifs is 1. The molecule has 1 N–H and O–H groups in total. The summed E-state index contributed by atoms with van der Waals surface area (Å²) in [5, 5.41) is 2.52. The first-order chi connectivity index (χ1) is 17.7. The van der Waals surface area contributed by atoms with Gasteiger partial charge in [-0.3, -0.25) is 14.2 Å². The number of carbonyl (C=O) groups excluding carboxylic acids is 1. The molecule has 0 fully saturated rings. The molecule has 3 aromatic carbocycles. The van der Waals surface area contributed by atoms with E-state index in [2.05, 4.69) is 15.3 Å². The Morgan fingerprint density at radius 1 is 1.00 bits per heavy atom. The Labute approximate surface area is 209 Å². The van der Waals surface area contributed by atoms with Gasteiger partial charge in [0.25, 0.3) is 5.91 Å². The lowest BCUT2D eigenvalue weighted by molar-refractivity contribution is -0.137. The number of benzene rings is 3. The van der Waals surface area contributed by atoms with Gasteiger partial charge in [0.1, 0.15) is 5.82 Å². The second kappa shape index (κ2) is 9.50. The molecule has 0 spiro atoms. The monoisotopic (exact) mass is 504 g/mol. The van der Waals surface area contributed by atoms with Crippen LogP contribution in [0.4, 0.5) is 23.2 Å². The standard InChI is InChI=1S/C28H20F4N4O/c1-2-17-6-7-18(27(37)35-23-5-3-4-21(14-23)28(30,31)32)13-24(17)19-10-20(12-22(29)11-19)25-15-34-26-16-33-8-9-36(25)26/h3-16H,2H2,1H3,(H,35,37). The summed E-state index contributed by atoms with van der Waals surface area (Å²) in [7, 11) is 0. The van der Waals surface area contributed by atoms with E-state index >= 15 is 0 Å². The van der Waals surface area contributed by atoms with Crippen LogP contribution in [0.15, 0.2) is 85.5 Å². The van der Waals surface area contributed by atoms with Gasteiger partial charge in [0.15, 0.2) is 5.65 Å². The van der Waals surface area contributed by atoms with Crippen LogP contribution in [0.5, 0.6) is 0 Å². The molecule has 186 valence electrons. The van der Waals surface area contributed by atoms with Gasteiger partial charge in [-0.1, -0.05) is 19.1 Å². The molecule has 0 radical (unpaired) electrons. The van der Waals surface area contributed by atoms with Crippen LogP contribution in [-0.4, -0.2) is 20.3 Å². The number of anilines is 1. The van der Waals surface area contributed by atoms with E-state index in [1.165, 1.54) is 24.3 Å². The predicted molar refractivity (Wildman–Crippen MR) is 133 cm³/mol. The van der Waals surface area contributed by atoms with E-state index in [-0.39, 0.29) is 11.3 Å². The molecule has 9 heteroatoms. The highest BCUT2D eigenvalue weighted by Gasteiger charge is 2.30. The van der Waals surface area contributed by atoms with Crippen molar-refractivity contribution in [1.29, 1.82) is 0 Å². The van der Waals surface area contributed by atoms with Crippen LogP contribution in [0.25, 0.3) is 28.0 Å². The fourth-order valence-corrected chi connectivity index (χ4v) is 4.22. The van der Waals surface area contributed by atoms with E-state index in [1.54, 1.807) is 47.4 Å². The normalized spacial score (nSPS) is 11.6. The van der Waals surface area contributed by atoms with Gasteiger partial charge in [-0.15, -0.1) is 0 Å². The van der Waals surface area contributed by atoms with E-state index in [9.17, 15) is 22.4 Å². The van der Waals surface area contributed by atoms with Crippen molar-refractivity contribution in [2.45, 2.75) is 19.5 Å². The average molecular weight is 504 g/mol. The minimum absolute atomic E-state index is 0.0242. The molecule has 5 rings (SSSR count). The largest absolute Gasteiger partial charge is 0.416 e. The molecule has 1 amide bonds. The zero-order valence-corrected chi connectivity index (χ0v) is 19.6. The van der Waals surface area contributed by atoms with E-state index < -0.39 is 23.5 Å². The van der Waals surface area contributed by atoms with Gasteiger partial charge in [-0.05, 0) is 71.6 Å². The highest BCUT2D eigenvalue weighted by atomic mass is 19.4. The highest BCUT2D eigenvalue weighted by molar-refractivity contribution is 6.05. The summed E-state index contributed by atoms with van der Waals surface area (Å²) in [4.78, 5) is 21.3. The van der Waals surface area contributed by atoms with Crippen molar-refractivity contribution in [3.05, 3.63) is 108 Å². The van der Waals surface area contributed by atoms with Gasteiger partial charge < -0.3 is 5.32 Å². The van der Waals surface area contributed by atoms with Crippen molar-refractivity contribution in [3.8, 4) is 22.4 Å². The molecular formula is C28H20F4N4O. The van der Waals surface area contributed by atoms with Gasteiger partial charge in [0, 0.05) is 29.2 Å². The van der Waals surface area contributed by atoms with Crippen LogP contribution < -0.4 is 5.32 Å². The lowest BCUT2D eigenvalue weighted by Gasteiger charge is -2.14. The van der Waals surface area contributed by atoms with E-state index in [0.29, 0.717) is 34.5 Å². The Kier molecular flexibility index (Phi) is 6.20. The average Bonchev–Trinajstić information content (AvgIpc) is 3.32. The number of rotatable bonds is 5. The Hall–Kier alpha value is -4.53. The molecule has 0 aliphatic carbocycles. The number of alkyl halides is 3. The van der Waals surface area contributed by atoms with Crippen molar-refractivity contribution in [2.24, 2.45) is 0 Å². The fraction of sp³-hybridized carbons (Fsp3) is 0.107. The van der Waals surface area contributed by atoms with Crippen molar-refractivity contribution in [1.82, 2.24) is 14.4 Å². The highest BCUT2D eigenvalue weighted by Crippen LogP contribution is 2.33. The number of imidazole rings is 1. The zero-order valence-electron chi connectivity index (χ0n) is 19.6. The molecule has 0 saturated heterocycles. The van der Waals surface area contributed by atoms with Crippen LogP contribution in [0, 0.1) is 5.82 Å². The molecule has 0 bridgehead atoms. The van der Waals surface area contributed by atoms with Crippen LogP contribution >= 0.6 is 0 Å². The maximum absolute atomic E-state index is 14.8. The van der Waals surface area contributed by atoms with Crippen LogP contribution in [-0.2, 0) is 12.6 Å². The van der Waals surface area contributed by atoms with E-state index in [4.69, 9.17) is 0 Å². The SMILES string of the molecule is CCc1ccc(C(=O)Nc2cccc(C(F)(F)F)c2)cc1-c1cc(F)cc(-c2cnc3cnccn23)c1. The topological polar surface area (TPSA) is 59.3 Å². The summed E-state index contributed by atoms with van der Waals surface area (Å²) in [6.45, 7) is 1.94. The molecule has 0 aliphatic rings. The summed E-state index contributed by atoms with van der Waals surface area (Å²) in [6.07, 6.45) is 2.68. The summed E-state index contributed by atoms with van der Waals surface area (Å²) < 4.78 is 55.8. The first kappa shape index (κ1) is 24.2. The lowest BCUT2D eigenvalue weighted by atomic mass is 9.94. The van der Waals surface area contributed by atoms with Crippen LogP contribution in [0.2, 0.25) is 0 Å². The van der Waals surface area contributed by atoms with E-state index in [1.807, 2.05) is 13.0 Å². The first-order valence-corrected chi connectivity index (χ1v) is 11.4. The smallest absolute Gasteiger partial charge is 0.322 e. The van der Waals surface area contributed by atoms with Crippen LogP contribution in [0.3, 0.4) is 0 Å². The molecule has 2 heterocycles. The second-order valence-corrected chi connectivity index (χ2v) is 8.43. The molecule has 5 aromatic rings. The molecule has 2 aromatic heterocycles. The Bertz CT molecular complexity index is 1620. The third-order valence-corrected chi connectivity index (χ3v) is 6.02. The minimum atomic E-state index is -4.52. The number of amides is 1. The Morgan fingerprint density at radius 3 is 2.59 bits per heavy atom. The third kappa shape index (κ3) is 4.93. The molecule has 0 saturated carbocycles. The quantitative estimate of drug-likeness (QED) is 0.261.